The van der Waals surface area contributed by atoms with Crippen molar-refractivity contribution in [2.45, 2.75) is 44.4 Å². The Hall–Kier alpha value is -3.07. The molecule has 2 aromatic rings. The van der Waals surface area contributed by atoms with E-state index in [2.05, 4.69) is 5.32 Å². The second-order valence-corrected chi connectivity index (χ2v) is 7.91. The summed E-state index contributed by atoms with van der Waals surface area (Å²) in [5, 5.41) is 12.2. The molecule has 3 rings (SSSR count). The number of alkyl halides is 3. The van der Waals surface area contributed by atoms with E-state index < -0.39 is 17.7 Å². The van der Waals surface area contributed by atoms with E-state index in [1.54, 1.807) is 18.2 Å². The molecule has 0 radical (unpaired) electrons. The molecule has 1 aliphatic rings. The average Bonchev–Trinajstić information content (AvgIpc) is 3.56. The number of carbonyl (C=O) groups is 2. The molecule has 178 valence electrons. The Labute approximate surface area is 189 Å². The Bertz CT molecular complexity index is 1000. The van der Waals surface area contributed by atoms with Crippen LogP contribution < -0.4 is 10.1 Å². The number of carbonyl (C=O) groups excluding carboxylic acids is 1. The lowest BCUT2D eigenvalue weighted by atomic mass is 9.93. The van der Waals surface area contributed by atoms with Crippen LogP contribution in [0.1, 0.15) is 36.0 Å². The molecule has 0 bridgehead atoms. The Balaban J connectivity index is 1.79. The number of ether oxygens (including phenoxy) is 2. The van der Waals surface area contributed by atoms with E-state index in [1.807, 2.05) is 0 Å². The molecule has 0 spiro atoms. The van der Waals surface area contributed by atoms with Gasteiger partial charge in [-0.15, -0.1) is 0 Å². The maximum atomic E-state index is 13.3. The predicted molar refractivity (Wildman–Crippen MR) is 115 cm³/mol. The Morgan fingerprint density at radius 2 is 1.85 bits per heavy atom. The van der Waals surface area contributed by atoms with Crippen LogP contribution in [-0.2, 0) is 33.3 Å². The lowest BCUT2D eigenvalue weighted by Crippen LogP contribution is -2.22. The highest BCUT2D eigenvalue weighted by Gasteiger charge is 2.31. The molecule has 0 heterocycles. The van der Waals surface area contributed by atoms with Crippen molar-refractivity contribution in [3.63, 3.8) is 0 Å². The van der Waals surface area contributed by atoms with E-state index in [1.165, 1.54) is 13.2 Å². The van der Waals surface area contributed by atoms with E-state index in [4.69, 9.17) is 14.6 Å². The lowest BCUT2D eigenvalue weighted by Gasteiger charge is -2.17. The van der Waals surface area contributed by atoms with Gasteiger partial charge in [-0.05, 0) is 66.8 Å². The van der Waals surface area contributed by atoms with Gasteiger partial charge in [0.15, 0.2) is 0 Å². The molecular weight excluding hydrogens is 439 g/mol. The van der Waals surface area contributed by atoms with Crippen molar-refractivity contribution in [1.82, 2.24) is 5.32 Å². The van der Waals surface area contributed by atoms with Crippen molar-refractivity contribution in [3.05, 3.63) is 53.1 Å². The van der Waals surface area contributed by atoms with Crippen molar-refractivity contribution >= 4 is 11.9 Å². The molecule has 1 fully saturated rings. The van der Waals surface area contributed by atoms with Crippen LogP contribution in [-0.4, -0.2) is 43.3 Å². The molecule has 0 amide bonds. The number of aliphatic carboxylic acids is 1. The normalized spacial score (nSPS) is 13.6. The van der Waals surface area contributed by atoms with Crippen LogP contribution in [0, 0.1) is 0 Å². The predicted octanol–water partition coefficient (Wildman–Crippen LogP) is 4.24. The molecular formula is C24H26F3NO5. The van der Waals surface area contributed by atoms with Crippen LogP contribution >= 0.6 is 0 Å². The molecule has 2 aromatic carbocycles. The van der Waals surface area contributed by atoms with Gasteiger partial charge in [0.1, 0.15) is 11.9 Å². The molecule has 0 unspecified atom stereocenters. The Morgan fingerprint density at radius 3 is 2.48 bits per heavy atom. The van der Waals surface area contributed by atoms with E-state index in [-0.39, 0.29) is 31.3 Å². The highest BCUT2D eigenvalue weighted by atomic mass is 19.4. The van der Waals surface area contributed by atoms with Gasteiger partial charge in [0, 0.05) is 12.1 Å². The first-order chi connectivity index (χ1) is 15.7. The molecule has 0 aromatic heterocycles. The number of halogens is 3. The summed E-state index contributed by atoms with van der Waals surface area (Å²) < 4.78 is 50.6. The molecule has 9 heteroatoms. The smallest absolute Gasteiger partial charge is 0.416 e. The molecule has 0 aliphatic heterocycles. The van der Waals surface area contributed by atoms with Gasteiger partial charge in [-0.2, -0.15) is 13.2 Å². The van der Waals surface area contributed by atoms with Crippen molar-refractivity contribution in [3.8, 4) is 16.9 Å². The number of nitrogens with one attached hydrogen (secondary N) is 1. The Morgan fingerprint density at radius 1 is 1.09 bits per heavy atom. The number of carboxylic acid groups (broad SMARTS) is 1. The largest absolute Gasteiger partial charge is 0.496 e. The summed E-state index contributed by atoms with van der Waals surface area (Å²) in [6.07, 6.45) is -2.42. The molecule has 33 heavy (non-hydrogen) atoms. The second-order valence-electron chi connectivity index (χ2n) is 7.91. The summed E-state index contributed by atoms with van der Waals surface area (Å²) in [7, 11) is 1.45. The third kappa shape index (κ3) is 7.21. The highest BCUT2D eigenvalue weighted by Crippen LogP contribution is 2.37. The van der Waals surface area contributed by atoms with E-state index in [0.717, 1.165) is 25.0 Å². The Kier molecular flexibility index (Phi) is 7.97. The van der Waals surface area contributed by atoms with Crippen molar-refractivity contribution < 1.29 is 37.3 Å². The summed E-state index contributed by atoms with van der Waals surface area (Å²) in [6.45, 7) is 0.708. The van der Waals surface area contributed by atoms with Crippen LogP contribution in [0.3, 0.4) is 0 Å². The summed E-state index contributed by atoms with van der Waals surface area (Å²) in [4.78, 5) is 22.8. The summed E-state index contributed by atoms with van der Waals surface area (Å²) >= 11 is 0. The van der Waals surface area contributed by atoms with Crippen LogP contribution in [0.5, 0.6) is 5.75 Å². The fourth-order valence-corrected chi connectivity index (χ4v) is 3.46. The maximum absolute atomic E-state index is 13.3. The molecule has 0 atom stereocenters. The standard InChI is InChI=1S/C24H26F3NO5/c1-32-21-7-2-15(13-22(29)30)12-20(21)19-6-3-17(24(25,26)27)14-16(19)8-10-28-11-9-23(31)33-18-4-5-18/h2-3,6-7,12,14,18,28H,4-5,8-11,13H2,1H3,(H,29,30). The monoisotopic (exact) mass is 465 g/mol. The van der Waals surface area contributed by atoms with Crippen LogP contribution in [0.4, 0.5) is 13.2 Å². The van der Waals surface area contributed by atoms with Gasteiger partial charge in [0.2, 0.25) is 0 Å². The minimum Gasteiger partial charge on any atom is -0.496 e. The van der Waals surface area contributed by atoms with Gasteiger partial charge < -0.3 is 19.9 Å². The summed E-state index contributed by atoms with van der Waals surface area (Å²) in [6, 6.07) is 8.33. The quantitative estimate of drug-likeness (QED) is 0.382. The molecule has 1 aliphatic carbocycles. The lowest BCUT2D eigenvalue weighted by molar-refractivity contribution is -0.144. The highest BCUT2D eigenvalue weighted by molar-refractivity contribution is 5.77. The average molecular weight is 465 g/mol. The molecule has 1 saturated carbocycles. The minimum atomic E-state index is -4.50. The third-order valence-electron chi connectivity index (χ3n) is 5.24. The molecule has 6 nitrogen and oxygen atoms in total. The number of hydrogen-bond acceptors (Lipinski definition) is 5. The number of esters is 1. The summed E-state index contributed by atoms with van der Waals surface area (Å²) in [5.74, 6) is -0.867. The summed E-state index contributed by atoms with van der Waals surface area (Å²) in [5.41, 5.74) is 1.23. The second kappa shape index (κ2) is 10.7. The first kappa shape index (κ1) is 24.6. The maximum Gasteiger partial charge on any atom is 0.416 e. The van der Waals surface area contributed by atoms with Crippen molar-refractivity contribution in [1.29, 1.82) is 0 Å². The SMILES string of the molecule is COc1ccc(CC(=O)O)cc1-c1ccc(C(F)(F)F)cc1CCNCCC(=O)OC1CC1. The van der Waals surface area contributed by atoms with Gasteiger partial charge in [0.25, 0.3) is 0 Å². The number of carboxylic acids is 1. The number of methoxy groups -OCH3 is 1. The zero-order valence-electron chi connectivity index (χ0n) is 18.2. The van der Waals surface area contributed by atoms with Crippen molar-refractivity contribution in [2.24, 2.45) is 0 Å². The minimum absolute atomic E-state index is 0.0389. The van der Waals surface area contributed by atoms with Crippen LogP contribution in [0.15, 0.2) is 36.4 Å². The molecule has 2 N–H and O–H groups in total. The molecule has 0 saturated heterocycles. The van der Waals surface area contributed by atoms with Gasteiger partial charge in [-0.25, -0.2) is 0 Å². The van der Waals surface area contributed by atoms with Gasteiger partial charge in [-0.1, -0.05) is 12.1 Å². The number of benzene rings is 2. The van der Waals surface area contributed by atoms with Crippen molar-refractivity contribution in [2.75, 3.05) is 20.2 Å². The van der Waals surface area contributed by atoms with Gasteiger partial charge >= 0.3 is 18.1 Å². The topological polar surface area (TPSA) is 84.9 Å². The first-order valence-corrected chi connectivity index (χ1v) is 10.7. The number of hydrogen-bond donors (Lipinski definition) is 2. The van der Waals surface area contributed by atoms with E-state index >= 15 is 0 Å². The van der Waals surface area contributed by atoms with Crippen LogP contribution in [0.25, 0.3) is 11.1 Å². The first-order valence-electron chi connectivity index (χ1n) is 10.7. The van der Waals surface area contributed by atoms with Gasteiger partial charge in [-0.3, -0.25) is 9.59 Å². The van der Waals surface area contributed by atoms with E-state index in [0.29, 0.717) is 41.1 Å². The van der Waals surface area contributed by atoms with Crippen LogP contribution in [0.2, 0.25) is 0 Å². The third-order valence-corrected chi connectivity index (χ3v) is 5.24. The van der Waals surface area contributed by atoms with E-state index in [9.17, 15) is 22.8 Å². The zero-order valence-corrected chi connectivity index (χ0v) is 18.2. The fraction of sp³-hybridized carbons (Fsp3) is 0.417. The number of rotatable bonds is 11. The fourth-order valence-electron chi connectivity index (χ4n) is 3.46. The zero-order chi connectivity index (χ0) is 24.0. The van der Waals surface area contributed by atoms with Gasteiger partial charge in [0.05, 0.1) is 25.5 Å².